The fraction of sp³-hybridized carbons (Fsp3) is 0.0351. The SMILES string of the molecule is C1=Cc2oc3c(-c4cc(-c5ccc6c(c5)oc5ccccc56)ccc4-c4nc(-c5ccccc5)nc(-c5ccccc5)n4)cc(-n4c5ccccc5c5ccccc54)cc3c2CC1. The Hall–Kier alpha value is -8.35. The van der Waals surface area contributed by atoms with E-state index in [1.54, 1.807) is 0 Å². The first kappa shape index (κ1) is 35.4. The van der Waals surface area contributed by atoms with E-state index in [4.69, 9.17) is 23.8 Å². The molecule has 296 valence electrons. The first-order valence-electron chi connectivity index (χ1n) is 21.4. The number of allylic oxidation sites excluding steroid dienone is 1. The molecule has 0 amide bonds. The Labute approximate surface area is 362 Å². The van der Waals surface area contributed by atoms with Gasteiger partial charge in [0, 0.05) is 60.4 Å². The Balaban J connectivity index is 1.12. The van der Waals surface area contributed by atoms with Crippen molar-refractivity contribution in [2.75, 3.05) is 0 Å². The molecule has 4 aromatic heterocycles. The lowest BCUT2D eigenvalue weighted by molar-refractivity contribution is 0.596. The van der Waals surface area contributed by atoms with Crippen molar-refractivity contribution < 1.29 is 8.83 Å². The number of rotatable bonds is 6. The zero-order valence-corrected chi connectivity index (χ0v) is 34.0. The van der Waals surface area contributed by atoms with E-state index in [1.165, 1.54) is 16.3 Å². The molecule has 0 spiro atoms. The maximum atomic E-state index is 6.97. The number of nitrogens with zero attached hydrogens (tertiary/aromatic N) is 4. The third-order valence-electron chi connectivity index (χ3n) is 12.5. The van der Waals surface area contributed by atoms with Crippen LogP contribution in [-0.4, -0.2) is 19.5 Å². The van der Waals surface area contributed by atoms with Gasteiger partial charge in [-0.2, -0.15) is 0 Å². The Kier molecular flexibility index (Phi) is 7.93. The molecular formula is C57H36N4O2. The molecule has 0 atom stereocenters. The van der Waals surface area contributed by atoms with E-state index in [1.807, 2.05) is 72.8 Å². The fourth-order valence-electron chi connectivity index (χ4n) is 9.57. The molecule has 0 radical (unpaired) electrons. The second-order valence-corrected chi connectivity index (χ2v) is 16.2. The summed E-state index contributed by atoms with van der Waals surface area (Å²) >= 11 is 0. The monoisotopic (exact) mass is 808 g/mol. The molecular weight excluding hydrogens is 773 g/mol. The Morgan fingerprint density at radius 3 is 1.75 bits per heavy atom. The zero-order chi connectivity index (χ0) is 41.4. The molecule has 1 aliphatic carbocycles. The smallest absolute Gasteiger partial charge is 0.164 e. The molecule has 0 saturated carbocycles. The normalized spacial score (nSPS) is 12.6. The van der Waals surface area contributed by atoms with Crippen LogP contribution in [0, 0.1) is 0 Å². The summed E-state index contributed by atoms with van der Waals surface area (Å²) in [5, 5.41) is 5.72. The third-order valence-corrected chi connectivity index (χ3v) is 12.5. The van der Waals surface area contributed by atoms with Crippen molar-refractivity contribution in [2.45, 2.75) is 12.8 Å². The van der Waals surface area contributed by atoms with Crippen LogP contribution in [0.5, 0.6) is 0 Å². The van der Waals surface area contributed by atoms with Gasteiger partial charge >= 0.3 is 0 Å². The third kappa shape index (κ3) is 5.76. The van der Waals surface area contributed by atoms with Crippen LogP contribution in [0.4, 0.5) is 0 Å². The van der Waals surface area contributed by atoms with Gasteiger partial charge in [-0.3, -0.25) is 0 Å². The van der Waals surface area contributed by atoms with Crippen molar-refractivity contribution in [3.8, 4) is 62.1 Å². The molecule has 6 nitrogen and oxygen atoms in total. The van der Waals surface area contributed by atoms with Gasteiger partial charge in [-0.1, -0.05) is 133 Å². The standard InChI is InChI=1S/C57H36N4O2/c1-3-15-35(16-4-1)55-58-56(36-17-5-2-6-18-36)60-57(59-55)45-30-28-37(38-27-29-44-42-21-9-13-25-51(42)62-53(44)32-38)31-46(45)48-34-39(33-47-43-22-10-14-26-52(43)63-54(47)48)61-49-23-11-7-19-40(49)41-20-8-12-24-50(41)61/h1-9,11-21,23-34H,10,22H2. The predicted molar refractivity (Wildman–Crippen MR) is 256 cm³/mol. The van der Waals surface area contributed by atoms with Crippen LogP contribution in [0.25, 0.3) is 123 Å². The molecule has 63 heavy (non-hydrogen) atoms. The number of para-hydroxylation sites is 3. The van der Waals surface area contributed by atoms with Gasteiger partial charge in [0.1, 0.15) is 22.5 Å². The van der Waals surface area contributed by atoms with Crippen LogP contribution < -0.4 is 0 Å². The molecule has 4 heterocycles. The Morgan fingerprint density at radius 1 is 0.413 bits per heavy atom. The highest BCUT2D eigenvalue weighted by Gasteiger charge is 2.25. The van der Waals surface area contributed by atoms with E-state index >= 15 is 0 Å². The van der Waals surface area contributed by atoms with Gasteiger partial charge in [0.05, 0.1) is 11.0 Å². The molecule has 13 rings (SSSR count). The highest BCUT2D eigenvalue weighted by atomic mass is 16.3. The molecule has 0 bridgehead atoms. The van der Waals surface area contributed by atoms with E-state index < -0.39 is 0 Å². The van der Waals surface area contributed by atoms with Crippen molar-refractivity contribution in [1.29, 1.82) is 0 Å². The predicted octanol–water partition coefficient (Wildman–Crippen LogP) is 14.9. The first-order valence-corrected chi connectivity index (χ1v) is 21.4. The zero-order valence-electron chi connectivity index (χ0n) is 34.0. The number of furan rings is 2. The molecule has 0 N–H and O–H groups in total. The summed E-state index contributed by atoms with van der Waals surface area (Å²) in [7, 11) is 0. The number of aromatic nitrogens is 4. The summed E-state index contributed by atoms with van der Waals surface area (Å²) in [4.78, 5) is 15.6. The molecule has 0 saturated heterocycles. The van der Waals surface area contributed by atoms with Crippen molar-refractivity contribution in [3.05, 3.63) is 199 Å². The van der Waals surface area contributed by atoms with Crippen LogP contribution in [0.3, 0.4) is 0 Å². The van der Waals surface area contributed by atoms with E-state index in [2.05, 4.69) is 126 Å². The van der Waals surface area contributed by atoms with Gasteiger partial charge in [-0.15, -0.1) is 0 Å². The van der Waals surface area contributed by atoms with E-state index in [0.717, 1.165) is 107 Å². The molecule has 0 aliphatic heterocycles. The largest absolute Gasteiger partial charge is 0.456 e. The summed E-state index contributed by atoms with van der Waals surface area (Å²) in [5.41, 5.74) is 13.8. The maximum absolute atomic E-state index is 6.97. The van der Waals surface area contributed by atoms with Crippen LogP contribution in [-0.2, 0) is 6.42 Å². The number of aryl methyl sites for hydroxylation is 1. The summed E-state index contributed by atoms with van der Waals surface area (Å²) in [5.74, 6) is 2.69. The molecule has 6 heteroatoms. The first-order chi connectivity index (χ1) is 31.2. The number of benzene rings is 8. The lowest BCUT2D eigenvalue weighted by Crippen LogP contribution is -2.02. The van der Waals surface area contributed by atoms with Gasteiger partial charge in [0.15, 0.2) is 17.5 Å². The summed E-state index contributed by atoms with van der Waals surface area (Å²) in [6.07, 6.45) is 6.19. The quantitative estimate of drug-likeness (QED) is 0.167. The Bertz CT molecular complexity index is 3690. The van der Waals surface area contributed by atoms with Gasteiger partial charge < -0.3 is 13.4 Å². The summed E-state index contributed by atoms with van der Waals surface area (Å²) < 4.78 is 15.8. The summed E-state index contributed by atoms with van der Waals surface area (Å²) in [6.45, 7) is 0. The van der Waals surface area contributed by atoms with Gasteiger partial charge in [-0.25, -0.2) is 15.0 Å². The topological polar surface area (TPSA) is 69.9 Å². The minimum Gasteiger partial charge on any atom is -0.456 e. The van der Waals surface area contributed by atoms with Crippen LogP contribution in [0.1, 0.15) is 17.7 Å². The lowest BCUT2D eigenvalue weighted by atomic mass is 9.91. The average Bonchev–Trinajstić information content (AvgIpc) is 4.03. The van der Waals surface area contributed by atoms with Crippen molar-refractivity contribution in [1.82, 2.24) is 19.5 Å². The second kappa shape index (κ2) is 14.1. The second-order valence-electron chi connectivity index (χ2n) is 16.2. The minimum absolute atomic E-state index is 0.573. The van der Waals surface area contributed by atoms with E-state index in [-0.39, 0.29) is 0 Å². The van der Waals surface area contributed by atoms with Crippen LogP contribution >= 0.6 is 0 Å². The molecule has 12 aromatic rings. The fourth-order valence-corrected chi connectivity index (χ4v) is 9.57. The average molecular weight is 809 g/mol. The number of fused-ring (bicyclic) bond motifs is 9. The Morgan fingerprint density at radius 2 is 1.02 bits per heavy atom. The van der Waals surface area contributed by atoms with Gasteiger partial charge in [0.25, 0.3) is 0 Å². The van der Waals surface area contributed by atoms with E-state index in [9.17, 15) is 0 Å². The van der Waals surface area contributed by atoms with Crippen LogP contribution in [0.2, 0.25) is 0 Å². The summed E-state index contributed by atoms with van der Waals surface area (Å²) in [6, 6.07) is 63.6. The minimum atomic E-state index is 0.573. The van der Waals surface area contributed by atoms with Gasteiger partial charge in [0.2, 0.25) is 0 Å². The van der Waals surface area contributed by atoms with E-state index in [0.29, 0.717) is 17.5 Å². The number of hydrogen-bond donors (Lipinski definition) is 0. The molecule has 0 fully saturated rings. The molecule has 1 aliphatic rings. The molecule has 0 unspecified atom stereocenters. The maximum Gasteiger partial charge on any atom is 0.164 e. The van der Waals surface area contributed by atoms with Gasteiger partial charge in [-0.05, 0) is 90.2 Å². The van der Waals surface area contributed by atoms with Crippen molar-refractivity contribution in [2.24, 2.45) is 0 Å². The highest BCUT2D eigenvalue weighted by molar-refractivity contribution is 6.11. The lowest BCUT2D eigenvalue weighted by Gasteiger charge is -2.16. The van der Waals surface area contributed by atoms with Crippen LogP contribution in [0.15, 0.2) is 197 Å². The number of hydrogen-bond acceptors (Lipinski definition) is 5. The van der Waals surface area contributed by atoms with Crippen molar-refractivity contribution in [3.63, 3.8) is 0 Å². The highest BCUT2D eigenvalue weighted by Crippen LogP contribution is 2.45. The van der Waals surface area contributed by atoms with Crippen molar-refractivity contribution >= 4 is 60.8 Å². The molecule has 8 aromatic carbocycles.